The van der Waals surface area contributed by atoms with Gasteiger partial charge in [-0.05, 0) is 49.1 Å². The van der Waals surface area contributed by atoms with Crippen LogP contribution in [-0.4, -0.2) is 17.4 Å². The third kappa shape index (κ3) is 4.46. The fourth-order valence-corrected chi connectivity index (χ4v) is 2.88. The third-order valence-corrected chi connectivity index (χ3v) is 3.86. The summed E-state index contributed by atoms with van der Waals surface area (Å²) in [7, 11) is 0. The van der Waals surface area contributed by atoms with Crippen molar-refractivity contribution >= 4 is 22.5 Å². The Labute approximate surface area is 126 Å². The van der Waals surface area contributed by atoms with Crippen molar-refractivity contribution < 1.29 is 0 Å². The van der Waals surface area contributed by atoms with Gasteiger partial charge in [0.05, 0.1) is 5.52 Å². The second-order valence-electron chi connectivity index (χ2n) is 5.29. The predicted octanol–water partition coefficient (Wildman–Crippen LogP) is 4.37. The van der Waals surface area contributed by atoms with E-state index in [4.69, 9.17) is 11.6 Å². The Kier molecular flexibility index (Phi) is 6.28. The van der Waals surface area contributed by atoms with Crippen molar-refractivity contribution in [2.24, 2.45) is 5.92 Å². The minimum Gasteiger partial charge on any atom is -0.312 e. The Hall–Kier alpha value is -1.12. The highest BCUT2D eigenvalue weighted by Crippen LogP contribution is 2.14. The molecule has 1 aromatic carbocycles. The molecule has 1 unspecified atom stereocenters. The van der Waals surface area contributed by atoms with Crippen LogP contribution in [0, 0.1) is 5.92 Å². The van der Waals surface area contributed by atoms with Crippen molar-refractivity contribution in [3.05, 3.63) is 42.1 Å². The summed E-state index contributed by atoms with van der Waals surface area (Å²) in [6.45, 7) is 4.19. The van der Waals surface area contributed by atoms with Gasteiger partial charge < -0.3 is 5.32 Å². The summed E-state index contributed by atoms with van der Waals surface area (Å²) in [5.41, 5.74) is 2.37. The zero-order valence-electron chi connectivity index (χ0n) is 12.1. The molecule has 2 nitrogen and oxygen atoms in total. The van der Waals surface area contributed by atoms with Crippen LogP contribution in [0.25, 0.3) is 10.9 Å². The van der Waals surface area contributed by atoms with Gasteiger partial charge in [0.1, 0.15) is 0 Å². The van der Waals surface area contributed by atoms with Crippen LogP contribution >= 0.6 is 11.6 Å². The number of rotatable bonds is 8. The molecule has 0 saturated carbocycles. The number of fused-ring (bicyclic) bond motifs is 1. The van der Waals surface area contributed by atoms with Gasteiger partial charge in [0.25, 0.3) is 0 Å². The van der Waals surface area contributed by atoms with Crippen LogP contribution in [-0.2, 0) is 6.54 Å². The van der Waals surface area contributed by atoms with E-state index < -0.39 is 0 Å². The molecule has 0 aliphatic carbocycles. The van der Waals surface area contributed by atoms with Gasteiger partial charge in [0, 0.05) is 24.0 Å². The van der Waals surface area contributed by atoms with Crippen molar-refractivity contribution in [1.29, 1.82) is 0 Å². The molecule has 0 aliphatic heterocycles. The maximum Gasteiger partial charge on any atom is 0.0702 e. The summed E-state index contributed by atoms with van der Waals surface area (Å²) >= 11 is 5.86. The van der Waals surface area contributed by atoms with Crippen LogP contribution in [0.15, 0.2) is 36.5 Å². The Bertz CT molecular complexity index is 521. The summed E-state index contributed by atoms with van der Waals surface area (Å²) in [6.07, 6.45) is 5.41. The van der Waals surface area contributed by atoms with Crippen LogP contribution in [0.3, 0.4) is 0 Å². The molecule has 0 aliphatic rings. The number of hydrogen-bond donors (Lipinski definition) is 1. The summed E-state index contributed by atoms with van der Waals surface area (Å²) in [4.78, 5) is 4.34. The lowest BCUT2D eigenvalue weighted by Gasteiger charge is -2.15. The van der Waals surface area contributed by atoms with Gasteiger partial charge in [-0.15, -0.1) is 11.6 Å². The number of hydrogen-bond acceptors (Lipinski definition) is 2. The number of nitrogens with one attached hydrogen (secondary N) is 1. The summed E-state index contributed by atoms with van der Waals surface area (Å²) < 4.78 is 0. The first-order valence-corrected chi connectivity index (χ1v) is 7.97. The molecule has 0 amide bonds. The third-order valence-electron chi connectivity index (χ3n) is 3.64. The van der Waals surface area contributed by atoms with Crippen LogP contribution in [0.5, 0.6) is 0 Å². The average Bonchev–Trinajstić information content (AvgIpc) is 2.47. The van der Waals surface area contributed by atoms with Crippen LogP contribution in [0.1, 0.15) is 31.7 Å². The first kappa shape index (κ1) is 15.3. The zero-order chi connectivity index (χ0) is 14.2. The molecule has 0 fully saturated rings. The van der Waals surface area contributed by atoms with Gasteiger partial charge in [-0.1, -0.05) is 25.5 Å². The molecule has 1 atom stereocenters. The first-order valence-electron chi connectivity index (χ1n) is 7.43. The highest BCUT2D eigenvalue weighted by Gasteiger charge is 2.06. The standard InChI is InChI=1S/C17H23ClN2/c1-2-4-14(8-9-18)12-19-13-15-6-7-17-16(11-15)5-3-10-20-17/h3,5-7,10-11,14,19H,2,4,8-9,12-13H2,1H3. The van der Waals surface area contributed by atoms with Gasteiger partial charge in [-0.3, -0.25) is 4.98 Å². The van der Waals surface area contributed by atoms with Gasteiger partial charge in [-0.25, -0.2) is 0 Å². The van der Waals surface area contributed by atoms with Crippen molar-refractivity contribution in [3.8, 4) is 0 Å². The molecule has 0 spiro atoms. The summed E-state index contributed by atoms with van der Waals surface area (Å²) in [5, 5.41) is 4.76. The van der Waals surface area contributed by atoms with E-state index >= 15 is 0 Å². The highest BCUT2D eigenvalue weighted by molar-refractivity contribution is 6.17. The minimum absolute atomic E-state index is 0.694. The van der Waals surface area contributed by atoms with E-state index in [-0.39, 0.29) is 0 Å². The number of aromatic nitrogens is 1. The Balaban J connectivity index is 1.88. The Morgan fingerprint density at radius 3 is 2.95 bits per heavy atom. The van der Waals surface area contributed by atoms with Crippen molar-refractivity contribution in [2.45, 2.75) is 32.7 Å². The van der Waals surface area contributed by atoms with Gasteiger partial charge in [-0.2, -0.15) is 0 Å². The molecule has 1 heterocycles. The Morgan fingerprint density at radius 1 is 1.25 bits per heavy atom. The molecular formula is C17H23ClN2. The Morgan fingerprint density at radius 2 is 2.15 bits per heavy atom. The molecule has 108 valence electrons. The molecular weight excluding hydrogens is 268 g/mol. The minimum atomic E-state index is 0.694. The molecule has 2 aromatic rings. The van der Waals surface area contributed by atoms with E-state index in [1.165, 1.54) is 23.8 Å². The number of benzene rings is 1. The fraction of sp³-hybridized carbons (Fsp3) is 0.471. The van der Waals surface area contributed by atoms with Crippen LogP contribution < -0.4 is 5.32 Å². The molecule has 20 heavy (non-hydrogen) atoms. The normalized spacial score (nSPS) is 12.7. The lowest BCUT2D eigenvalue weighted by Crippen LogP contribution is -2.22. The summed E-state index contributed by atoms with van der Waals surface area (Å²) in [6, 6.07) is 10.6. The predicted molar refractivity (Wildman–Crippen MR) is 87.2 cm³/mol. The number of halogens is 1. The van der Waals surface area contributed by atoms with E-state index in [0.717, 1.165) is 30.9 Å². The van der Waals surface area contributed by atoms with E-state index in [1.807, 2.05) is 12.3 Å². The lowest BCUT2D eigenvalue weighted by atomic mass is 10.0. The monoisotopic (exact) mass is 290 g/mol. The topological polar surface area (TPSA) is 24.9 Å². The largest absolute Gasteiger partial charge is 0.312 e. The van der Waals surface area contributed by atoms with Gasteiger partial charge in [0.2, 0.25) is 0 Å². The molecule has 0 bridgehead atoms. The molecule has 1 aromatic heterocycles. The molecule has 0 saturated heterocycles. The molecule has 1 N–H and O–H groups in total. The van der Waals surface area contributed by atoms with Crippen molar-refractivity contribution in [2.75, 3.05) is 12.4 Å². The second-order valence-corrected chi connectivity index (χ2v) is 5.67. The SMILES string of the molecule is CCCC(CCCl)CNCc1ccc2ncccc2c1. The van der Waals surface area contributed by atoms with E-state index in [1.54, 1.807) is 0 Å². The quantitative estimate of drug-likeness (QED) is 0.730. The highest BCUT2D eigenvalue weighted by atomic mass is 35.5. The first-order chi connectivity index (χ1) is 9.83. The lowest BCUT2D eigenvalue weighted by molar-refractivity contribution is 0.430. The van der Waals surface area contributed by atoms with E-state index in [2.05, 4.69) is 41.5 Å². The van der Waals surface area contributed by atoms with Crippen molar-refractivity contribution in [3.63, 3.8) is 0 Å². The number of pyridine rings is 1. The molecule has 3 heteroatoms. The fourth-order valence-electron chi connectivity index (χ4n) is 2.57. The summed E-state index contributed by atoms with van der Waals surface area (Å²) in [5.74, 6) is 1.45. The number of nitrogens with zero attached hydrogens (tertiary/aromatic N) is 1. The van der Waals surface area contributed by atoms with E-state index in [0.29, 0.717) is 5.92 Å². The number of alkyl halides is 1. The maximum atomic E-state index is 5.86. The molecule has 2 rings (SSSR count). The van der Waals surface area contributed by atoms with E-state index in [9.17, 15) is 0 Å². The average molecular weight is 291 g/mol. The smallest absolute Gasteiger partial charge is 0.0702 e. The molecule has 0 radical (unpaired) electrons. The maximum absolute atomic E-state index is 5.86. The van der Waals surface area contributed by atoms with Gasteiger partial charge in [0.15, 0.2) is 0 Å². The zero-order valence-corrected chi connectivity index (χ0v) is 12.9. The van der Waals surface area contributed by atoms with Crippen LogP contribution in [0.2, 0.25) is 0 Å². The van der Waals surface area contributed by atoms with Crippen LogP contribution in [0.4, 0.5) is 0 Å². The second kappa shape index (κ2) is 8.23. The van der Waals surface area contributed by atoms with Gasteiger partial charge >= 0.3 is 0 Å². The van der Waals surface area contributed by atoms with Crippen molar-refractivity contribution in [1.82, 2.24) is 10.3 Å².